The minimum absolute atomic E-state index is 0.00811. The molecule has 0 radical (unpaired) electrons. The van der Waals surface area contributed by atoms with Gasteiger partial charge in [-0.3, -0.25) is 9.69 Å². The van der Waals surface area contributed by atoms with E-state index in [-0.39, 0.29) is 29.5 Å². The van der Waals surface area contributed by atoms with E-state index in [1.807, 2.05) is 0 Å². The normalized spacial score (nSPS) is 30.4. The van der Waals surface area contributed by atoms with Crippen LogP contribution in [0.2, 0.25) is 5.02 Å². The fourth-order valence-electron chi connectivity index (χ4n) is 4.66. The zero-order valence-electron chi connectivity index (χ0n) is 14.1. The van der Waals surface area contributed by atoms with E-state index in [0.29, 0.717) is 17.6 Å². The second kappa shape index (κ2) is 6.56. The smallest absolute Gasteiger partial charge is 0.241 e. The third kappa shape index (κ3) is 3.32. The maximum absolute atomic E-state index is 12.9. The van der Waals surface area contributed by atoms with Crippen molar-refractivity contribution in [2.75, 3.05) is 23.0 Å². The van der Waals surface area contributed by atoms with Crippen molar-refractivity contribution in [2.24, 2.45) is 0 Å². The van der Waals surface area contributed by atoms with Crippen LogP contribution in [0.25, 0.3) is 0 Å². The lowest BCUT2D eigenvalue weighted by Gasteiger charge is -2.47. The Labute approximate surface area is 153 Å². The van der Waals surface area contributed by atoms with Crippen LogP contribution in [0.15, 0.2) is 24.3 Å². The van der Waals surface area contributed by atoms with E-state index in [9.17, 15) is 13.2 Å². The molecule has 0 unspecified atom stereocenters. The van der Waals surface area contributed by atoms with Crippen molar-refractivity contribution < 1.29 is 13.2 Å². The monoisotopic (exact) mass is 382 g/mol. The van der Waals surface area contributed by atoms with Gasteiger partial charge in [-0.05, 0) is 37.1 Å². The van der Waals surface area contributed by atoms with E-state index in [1.165, 1.54) is 19.3 Å². The highest BCUT2D eigenvalue weighted by Crippen LogP contribution is 2.35. The van der Waals surface area contributed by atoms with Crippen molar-refractivity contribution in [3.8, 4) is 0 Å². The Hall–Kier alpha value is -1.11. The molecule has 4 rings (SSSR count). The van der Waals surface area contributed by atoms with Crippen LogP contribution in [0.1, 0.15) is 32.1 Å². The molecule has 0 bridgehead atoms. The summed E-state index contributed by atoms with van der Waals surface area (Å²) < 4.78 is 24.8. The maximum Gasteiger partial charge on any atom is 0.241 e. The second-order valence-corrected chi connectivity index (χ2v) is 10.0. The van der Waals surface area contributed by atoms with Gasteiger partial charge in [0.05, 0.1) is 24.1 Å². The van der Waals surface area contributed by atoms with Crippen LogP contribution in [-0.4, -0.2) is 55.4 Å². The molecule has 0 spiro atoms. The van der Waals surface area contributed by atoms with E-state index in [1.54, 1.807) is 29.2 Å². The summed E-state index contributed by atoms with van der Waals surface area (Å²) in [6, 6.07) is 7.05. The summed E-state index contributed by atoms with van der Waals surface area (Å²) in [6.07, 6.45) is 5.71. The fraction of sp³-hybridized carbons (Fsp3) is 0.611. The first-order valence-corrected chi connectivity index (χ1v) is 11.2. The Bertz CT molecular complexity index is 759. The molecule has 2 atom stereocenters. The van der Waals surface area contributed by atoms with Gasteiger partial charge in [-0.2, -0.15) is 0 Å². The van der Waals surface area contributed by atoms with E-state index >= 15 is 0 Å². The molecular weight excluding hydrogens is 360 g/mol. The molecule has 136 valence electrons. The van der Waals surface area contributed by atoms with Gasteiger partial charge in [0.15, 0.2) is 9.84 Å². The number of carbonyl (C=O) groups excluding carboxylic acids is 1. The minimum Gasteiger partial charge on any atom is -0.306 e. The maximum atomic E-state index is 12.9. The molecule has 1 saturated carbocycles. The summed E-state index contributed by atoms with van der Waals surface area (Å²) in [7, 11) is -3.13. The van der Waals surface area contributed by atoms with E-state index in [0.717, 1.165) is 18.5 Å². The summed E-state index contributed by atoms with van der Waals surface area (Å²) in [5.41, 5.74) is 0.741. The number of halogens is 1. The number of carbonyl (C=O) groups is 1. The molecule has 2 heterocycles. The predicted octanol–water partition coefficient (Wildman–Crippen LogP) is 2.49. The van der Waals surface area contributed by atoms with Gasteiger partial charge in [0.25, 0.3) is 0 Å². The van der Waals surface area contributed by atoms with Gasteiger partial charge in [0.1, 0.15) is 0 Å². The van der Waals surface area contributed by atoms with Crippen molar-refractivity contribution >= 4 is 33.0 Å². The number of hydrogen-bond acceptors (Lipinski definition) is 4. The third-order valence-electron chi connectivity index (χ3n) is 5.79. The van der Waals surface area contributed by atoms with Gasteiger partial charge in [-0.25, -0.2) is 8.42 Å². The number of amides is 1. The molecule has 1 aromatic rings. The van der Waals surface area contributed by atoms with Crippen LogP contribution in [0.3, 0.4) is 0 Å². The topological polar surface area (TPSA) is 57.7 Å². The molecule has 0 N–H and O–H groups in total. The van der Waals surface area contributed by atoms with Crippen LogP contribution >= 0.6 is 11.6 Å². The van der Waals surface area contributed by atoms with Crippen LogP contribution in [0, 0.1) is 0 Å². The molecule has 2 aliphatic heterocycles. The van der Waals surface area contributed by atoms with Crippen LogP contribution in [0.4, 0.5) is 5.69 Å². The third-order valence-corrected chi connectivity index (χ3v) is 7.74. The highest BCUT2D eigenvalue weighted by Gasteiger charge is 2.51. The van der Waals surface area contributed by atoms with Crippen LogP contribution < -0.4 is 4.90 Å². The number of nitrogens with zero attached hydrogens (tertiary/aromatic N) is 2. The van der Waals surface area contributed by atoms with Gasteiger partial charge in [0.2, 0.25) is 5.91 Å². The summed E-state index contributed by atoms with van der Waals surface area (Å²) in [6.45, 7) is 0.310. The van der Waals surface area contributed by atoms with E-state index in [2.05, 4.69) is 4.90 Å². The fourth-order valence-corrected chi connectivity index (χ4v) is 6.75. The molecule has 2 saturated heterocycles. The largest absolute Gasteiger partial charge is 0.306 e. The molecule has 25 heavy (non-hydrogen) atoms. The lowest BCUT2D eigenvalue weighted by atomic mass is 9.91. The van der Waals surface area contributed by atoms with Crippen molar-refractivity contribution in [3.63, 3.8) is 0 Å². The van der Waals surface area contributed by atoms with Crippen molar-refractivity contribution in [3.05, 3.63) is 29.3 Å². The SMILES string of the molecule is O=C1CN(C2CCCCC2)[C@@H]2CS(=O)(=O)C[C@@H]2N1c1ccc(Cl)cc1. The van der Waals surface area contributed by atoms with E-state index < -0.39 is 9.84 Å². The first-order valence-electron chi connectivity index (χ1n) is 8.98. The second-order valence-electron chi connectivity index (χ2n) is 7.42. The average molecular weight is 383 g/mol. The molecule has 3 aliphatic rings. The first kappa shape index (κ1) is 17.3. The van der Waals surface area contributed by atoms with Gasteiger partial charge < -0.3 is 4.90 Å². The van der Waals surface area contributed by atoms with Gasteiger partial charge in [0, 0.05) is 22.8 Å². The number of sulfone groups is 1. The lowest BCUT2D eigenvalue weighted by Crippen LogP contribution is -2.64. The number of anilines is 1. The van der Waals surface area contributed by atoms with Crippen molar-refractivity contribution in [1.29, 1.82) is 0 Å². The summed E-state index contributed by atoms with van der Waals surface area (Å²) in [5.74, 6) is 0.201. The zero-order chi connectivity index (χ0) is 17.6. The Morgan fingerprint density at radius 3 is 2.28 bits per heavy atom. The highest BCUT2D eigenvalue weighted by molar-refractivity contribution is 7.91. The lowest BCUT2D eigenvalue weighted by molar-refractivity contribution is -0.124. The highest BCUT2D eigenvalue weighted by atomic mass is 35.5. The average Bonchev–Trinajstić information content (AvgIpc) is 2.91. The Kier molecular flexibility index (Phi) is 4.54. The zero-order valence-corrected chi connectivity index (χ0v) is 15.7. The van der Waals surface area contributed by atoms with Crippen LogP contribution in [-0.2, 0) is 14.6 Å². The standard InChI is InChI=1S/C18H23ClN2O3S/c19-13-6-8-15(9-7-13)21-17-12-25(23,24)11-16(17)20(10-18(21)22)14-4-2-1-3-5-14/h6-9,14,16-17H,1-5,10-12H2/t16-,17+/m1/s1. The minimum atomic E-state index is -3.13. The Morgan fingerprint density at radius 1 is 0.960 bits per heavy atom. The molecule has 0 aromatic heterocycles. The van der Waals surface area contributed by atoms with Gasteiger partial charge in [-0.15, -0.1) is 0 Å². The number of fused-ring (bicyclic) bond motifs is 1. The summed E-state index contributed by atoms with van der Waals surface area (Å²) in [5, 5.41) is 0.604. The molecule has 5 nitrogen and oxygen atoms in total. The molecule has 1 aromatic carbocycles. The summed E-state index contributed by atoms with van der Waals surface area (Å²) in [4.78, 5) is 16.8. The predicted molar refractivity (Wildman–Crippen MR) is 98.7 cm³/mol. The van der Waals surface area contributed by atoms with Gasteiger partial charge >= 0.3 is 0 Å². The molecule has 7 heteroatoms. The summed E-state index contributed by atoms with van der Waals surface area (Å²) >= 11 is 5.96. The quantitative estimate of drug-likeness (QED) is 0.788. The Morgan fingerprint density at radius 2 is 1.60 bits per heavy atom. The van der Waals surface area contributed by atoms with Crippen LogP contribution in [0.5, 0.6) is 0 Å². The number of piperazine rings is 1. The number of rotatable bonds is 2. The molecule has 1 aliphatic carbocycles. The Balaban J connectivity index is 1.67. The van der Waals surface area contributed by atoms with E-state index in [4.69, 9.17) is 11.6 Å². The molecule has 1 amide bonds. The molecular formula is C18H23ClN2O3S. The number of benzene rings is 1. The van der Waals surface area contributed by atoms with Gasteiger partial charge in [-0.1, -0.05) is 30.9 Å². The first-order chi connectivity index (χ1) is 11.9. The van der Waals surface area contributed by atoms with Crippen molar-refractivity contribution in [2.45, 2.75) is 50.2 Å². The number of hydrogen-bond donors (Lipinski definition) is 0. The molecule has 3 fully saturated rings. The van der Waals surface area contributed by atoms with Crippen molar-refractivity contribution in [1.82, 2.24) is 4.90 Å².